The van der Waals surface area contributed by atoms with E-state index in [2.05, 4.69) is 73.1 Å². The lowest BCUT2D eigenvalue weighted by Crippen LogP contribution is -2.29. The van der Waals surface area contributed by atoms with Crippen LogP contribution in [0.4, 0.5) is 0 Å². The van der Waals surface area contributed by atoms with E-state index < -0.39 is 38.6 Å². The quantitative estimate of drug-likeness (QED) is 0.0196. The fourth-order valence-electron chi connectivity index (χ4n) is 4.48. The molecule has 0 spiro atoms. The molecule has 0 amide bonds. The molecule has 0 fully saturated rings. The van der Waals surface area contributed by atoms with Gasteiger partial charge in [0, 0.05) is 12.8 Å². The van der Waals surface area contributed by atoms with Crippen LogP contribution in [-0.4, -0.2) is 52.3 Å². The average molecular weight is 759 g/mol. The summed E-state index contributed by atoms with van der Waals surface area (Å²) < 4.78 is 26.2. The summed E-state index contributed by atoms with van der Waals surface area (Å²) in [7, 11) is -4.80. The third-order valence-electron chi connectivity index (χ3n) is 7.36. The summed E-state index contributed by atoms with van der Waals surface area (Å²) in [5.41, 5.74) is 0. The zero-order valence-corrected chi connectivity index (χ0v) is 33.1. The molecule has 3 N–H and O–H groups in total. The third-order valence-corrected chi connectivity index (χ3v) is 7.84. The second-order valence-corrected chi connectivity index (χ2v) is 13.6. The number of phosphoric ester groups is 1. The van der Waals surface area contributed by atoms with Gasteiger partial charge in [0.1, 0.15) is 6.61 Å². The van der Waals surface area contributed by atoms with E-state index in [9.17, 15) is 19.3 Å². The zero-order valence-electron chi connectivity index (χ0n) is 32.2. The molecule has 0 bridgehead atoms. The topological polar surface area (TPSA) is 140 Å². The monoisotopic (exact) mass is 758 g/mol. The molecule has 0 aromatic rings. The van der Waals surface area contributed by atoms with Crippen molar-refractivity contribution in [3.63, 3.8) is 0 Å². The van der Waals surface area contributed by atoms with Crippen molar-refractivity contribution < 1.29 is 43.0 Å². The third kappa shape index (κ3) is 39.7. The Labute approximate surface area is 319 Å². The number of allylic oxidation sites excluding steroid dienone is 16. The molecule has 53 heavy (non-hydrogen) atoms. The highest BCUT2D eigenvalue weighted by molar-refractivity contribution is 7.46. The minimum absolute atomic E-state index is 0.102. The fourth-order valence-corrected chi connectivity index (χ4v) is 4.84. The normalized spacial score (nSPS) is 14.3. The molecule has 2 atom stereocenters. The minimum atomic E-state index is -4.80. The Morgan fingerprint density at radius 3 is 1.68 bits per heavy atom. The summed E-state index contributed by atoms with van der Waals surface area (Å²) in [4.78, 5) is 42.7. The summed E-state index contributed by atoms with van der Waals surface area (Å²) in [6.45, 7) is 3.34. The van der Waals surface area contributed by atoms with Crippen molar-refractivity contribution in [3.05, 3.63) is 109 Å². The summed E-state index contributed by atoms with van der Waals surface area (Å²) in [5, 5.41) is 9.98. The van der Waals surface area contributed by atoms with Crippen molar-refractivity contribution >= 4 is 19.8 Å². The predicted molar refractivity (Wildman–Crippen MR) is 217 cm³/mol. The zero-order chi connectivity index (χ0) is 39.1. The van der Waals surface area contributed by atoms with E-state index in [1.54, 1.807) is 6.08 Å². The molecule has 0 radical (unpaired) electrons. The molecule has 0 aliphatic carbocycles. The molecule has 0 aliphatic heterocycles. The SMILES string of the molecule is CC/C=C\C/C=C\C/C=C\C/C=C\C/C=C\CCCC(=O)O[C@H](COC(=O)CCC/C=C\C/C=C\C=C\[C@H](O)C/C=C\CCCCC)COP(=O)(O)O. The van der Waals surface area contributed by atoms with Crippen LogP contribution < -0.4 is 0 Å². The lowest BCUT2D eigenvalue weighted by atomic mass is 10.1. The van der Waals surface area contributed by atoms with E-state index in [1.807, 2.05) is 48.6 Å². The maximum absolute atomic E-state index is 12.4. The van der Waals surface area contributed by atoms with Gasteiger partial charge in [-0.3, -0.25) is 14.1 Å². The fraction of sp³-hybridized carbons (Fsp3) is 0.535. The number of hydrogen-bond donors (Lipinski definition) is 3. The molecule has 9 nitrogen and oxygen atoms in total. The minimum Gasteiger partial charge on any atom is -0.462 e. The molecule has 0 saturated heterocycles. The highest BCUT2D eigenvalue weighted by Gasteiger charge is 2.22. The second kappa shape index (κ2) is 37.0. The van der Waals surface area contributed by atoms with E-state index in [-0.39, 0.29) is 19.4 Å². The average Bonchev–Trinajstić information content (AvgIpc) is 3.12. The molecule has 0 aromatic heterocycles. The second-order valence-electron chi connectivity index (χ2n) is 12.4. The van der Waals surface area contributed by atoms with Crippen molar-refractivity contribution in [3.8, 4) is 0 Å². The molecule has 0 aliphatic rings. The van der Waals surface area contributed by atoms with E-state index in [0.29, 0.717) is 32.1 Å². The van der Waals surface area contributed by atoms with Crippen LogP contribution >= 0.6 is 7.82 Å². The first-order valence-electron chi connectivity index (χ1n) is 19.3. The van der Waals surface area contributed by atoms with Gasteiger partial charge in [0.05, 0.1) is 12.7 Å². The summed E-state index contributed by atoms with van der Waals surface area (Å²) >= 11 is 0. The Bertz CT molecular complexity index is 1230. The smallest absolute Gasteiger partial charge is 0.462 e. The molecule has 298 valence electrons. The molecule has 0 rings (SSSR count). The number of phosphoric acid groups is 1. The number of carbonyl (C=O) groups excluding carboxylic acids is 2. The maximum atomic E-state index is 12.4. The van der Waals surface area contributed by atoms with E-state index in [4.69, 9.17) is 19.3 Å². The van der Waals surface area contributed by atoms with Gasteiger partial charge < -0.3 is 24.4 Å². The van der Waals surface area contributed by atoms with Crippen LogP contribution in [0.3, 0.4) is 0 Å². The van der Waals surface area contributed by atoms with Gasteiger partial charge in [0.15, 0.2) is 6.10 Å². The van der Waals surface area contributed by atoms with Crippen LogP contribution in [0.25, 0.3) is 0 Å². The van der Waals surface area contributed by atoms with Gasteiger partial charge in [-0.2, -0.15) is 0 Å². The van der Waals surface area contributed by atoms with Crippen molar-refractivity contribution in [1.29, 1.82) is 0 Å². The Morgan fingerprint density at radius 2 is 1.11 bits per heavy atom. The number of aliphatic hydroxyl groups excluding tert-OH is 1. The Hall–Kier alpha value is -3.33. The van der Waals surface area contributed by atoms with Gasteiger partial charge in [-0.25, -0.2) is 4.57 Å². The van der Waals surface area contributed by atoms with Crippen molar-refractivity contribution in [2.75, 3.05) is 13.2 Å². The first-order chi connectivity index (χ1) is 25.7. The van der Waals surface area contributed by atoms with Crippen molar-refractivity contribution in [1.82, 2.24) is 0 Å². The van der Waals surface area contributed by atoms with E-state index in [1.165, 1.54) is 19.3 Å². The van der Waals surface area contributed by atoms with Crippen LogP contribution in [0.1, 0.15) is 123 Å². The molecule has 0 saturated carbocycles. The molecule has 0 aromatic carbocycles. The number of rotatable bonds is 33. The molecule has 10 heteroatoms. The standard InChI is InChI=1S/C43H67O9P/c1-3-5-7-9-11-12-13-14-15-16-17-18-19-20-25-29-33-37-43(46)52-41(39-51-53(47,48)49)38-50-42(45)36-32-28-24-22-21-23-27-31-35-40(44)34-30-26-10-8-6-4-2/h5,7,11-12,14-15,17-18,20,22-27,30-31,35,40-41,44H,3-4,6,8-10,13,16,19,21,28-29,32-34,36-39H2,1-2H3,(H2,47,48,49)/b7-5-,12-11-,15-14-,18-17-,24-22-,25-20-,27-23-,30-26-,35-31+/t40-,41-/m1/s1. The van der Waals surface area contributed by atoms with Gasteiger partial charge >= 0.3 is 19.8 Å². The number of aliphatic hydroxyl groups is 1. The summed E-state index contributed by atoms with van der Waals surface area (Å²) in [6.07, 6.45) is 48.5. The summed E-state index contributed by atoms with van der Waals surface area (Å²) in [5.74, 6) is -1.07. The lowest BCUT2D eigenvalue weighted by molar-refractivity contribution is -0.161. The van der Waals surface area contributed by atoms with Gasteiger partial charge in [-0.1, -0.05) is 136 Å². The molecule has 0 unspecified atom stereocenters. The Kier molecular flexibility index (Phi) is 34.7. The number of ether oxygens (including phenoxy) is 2. The first-order valence-corrected chi connectivity index (χ1v) is 20.8. The van der Waals surface area contributed by atoms with Gasteiger partial charge in [0.25, 0.3) is 0 Å². The number of hydrogen-bond acceptors (Lipinski definition) is 7. The Morgan fingerprint density at radius 1 is 0.604 bits per heavy atom. The highest BCUT2D eigenvalue weighted by Crippen LogP contribution is 2.35. The summed E-state index contributed by atoms with van der Waals surface area (Å²) in [6, 6.07) is 0. The van der Waals surface area contributed by atoms with Gasteiger partial charge in [0.2, 0.25) is 0 Å². The highest BCUT2D eigenvalue weighted by atomic mass is 31.2. The van der Waals surface area contributed by atoms with Crippen LogP contribution in [0.5, 0.6) is 0 Å². The van der Waals surface area contributed by atoms with E-state index in [0.717, 1.165) is 44.9 Å². The largest absolute Gasteiger partial charge is 0.469 e. The molecule has 0 heterocycles. The number of esters is 2. The van der Waals surface area contributed by atoms with Crippen LogP contribution in [0.15, 0.2) is 109 Å². The van der Waals surface area contributed by atoms with Crippen molar-refractivity contribution in [2.45, 2.75) is 135 Å². The number of carbonyl (C=O) groups is 2. The van der Waals surface area contributed by atoms with Gasteiger partial charge in [-0.15, -0.1) is 0 Å². The molecular weight excluding hydrogens is 691 g/mol. The number of unbranched alkanes of at least 4 members (excludes halogenated alkanes) is 5. The van der Waals surface area contributed by atoms with Crippen LogP contribution in [0, 0.1) is 0 Å². The van der Waals surface area contributed by atoms with Crippen LogP contribution in [-0.2, 0) is 28.2 Å². The van der Waals surface area contributed by atoms with Gasteiger partial charge in [-0.05, 0) is 83.5 Å². The lowest BCUT2D eigenvalue weighted by Gasteiger charge is -2.18. The van der Waals surface area contributed by atoms with Crippen molar-refractivity contribution in [2.24, 2.45) is 0 Å². The first kappa shape index (κ1) is 49.7. The van der Waals surface area contributed by atoms with E-state index >= 15 is 0 Å². The van der Waals surface area contributed by atoms with Crippen LogP contribution in [0.2, 0.25) is 0 Å². The maximum Gasteiger partial charge on any atom is 0.469 e. The molecular formula is C43H67O9P. The predicted octanol–water partition coefficient (Wildman–Crippen LogP) is 10.6. The Balaban J connectivity index is 4.26.